The highest BCUT2D eigenvalue weighted by molar-refractivity contribution is 7.15. The zero-order valence-corrected chi connectivity index (χ0v) is 18.7. The molecule has 0 aliphatic rings. The van der Waals surface area contributed by atoms with E-state index < -0.39 is 0 Å². The third kappa shape index (κ3) is 5.64. The molecule has 1 N–H and O–H groups in total. The summed E-state index contributed by atoms with van der Waals surface area (Å²) in [7, 11) is 0. The van der Waals surface area contributed by atoms with E-state index in [0.29, 0.717) is 39.5 Å². The van der Waals surface area contributed by atoms with E-state index in [-0.39, 0.29) is 5.91 Å². The van der Waals surface area contributed by atoms with Crippen molar-refractivity contribution in [1.29, 1.82) is 0 Å². The Balaban J connectivity index is 1.44. The van der Waals surface area contributed by atoms with Gasteiger partial charge in [0.05, 0.1) is 5.56 Å². The average molecular weight is 469 g/mol. The number of nitrogens with zero attached hydrogens (tertiary/aromatic N) is 1. The number of halogens is 2. The fourth-order valence-electron chi connectivity index (χ4n) is 2.99. The fourth-order valence-corrected chi connectivity index (χ4v) is 4.20. The van der Waals surface area contributed by atoms with Crippen LogP contribution in [0.2, 0.25) is 10.0 Å². The first-order valence-corrected chi connectivity index (χ1v) is 11.1. The van der Waals surface area contributed by atoms with Crippen LogP contribution < -0.4 is 10.1 Å². The molecule has 31 heavy (non-hydrogen) atoms. The minimum atomic E-state index is -0.273. The van der Waals surface area contributed by atoms with Crippen LogP contribution in [0.5, 0.6) is 5.75 Å². The first kappa shape index (κ1) is 21.4. The molecule has 0 bridgehead atoms. The van der Waals surface area contributed by atoms with E-state index in [1.54, 1.807) is 36.5 Å². The van der Waals surface area contributed by atoms with Gasteiger partial charge in [-0.15, -0.1) is 11.3 Å². The van der Waals surface area contributed by atoms with Gasteiger partial charge in [0.15, 0.2) is 5.13 Å². The van der Waals surface area contributed by atoms with Gasteiger partial charge >= 0.3 is 0 Å². The number of amides is 1. The predicted octanol–water partition coefficient (Wildman–Crippen LogP) is 6.87. The molecule has 0 fully saturated rings. The SMILES string of the molecule is O=C(Nc1ncc(Cc2cc(Cl)ccc2Cl)s1)c1ccccc1OCc1ccccc1. The van der Waals surface area contributed by atoms with Crippen molar-refractivity contribution in [2.45, 2.75) is 13.0 Å². The van der Waals surface area contributed by atoms with Crippen molar-refractivity contribution < 1.29 is 9.53 Å². The van der Waals surface area contributed by atoms with Crippen molar-refractivity contribution in [1.82, 2.24) is 4.98 Å². The fraction of sp³-hybridized carbons (Fsp3) is 0.0833. The van der Waals surface area contributed by atoms with E-state index in [1.807, 2.05) is 42.5 Å². The van der Waals surface area contributed by atoms with Crippen LogP contribution in [0.4, 0.5) is 5.13 Å². The van der Waals surface area contributed by atoms with Gasteiger partial charge in [-0.1, -0.05) is 65.7 Å². The Hall–Kier alpha value is -2.86. The summed E-state index contributed by atoms with van der Waals surface area (Å²) in [5.41, 5.74) is 2.39. The number of aromatic nitrogens is 1. The lowest BCUT2D eigenvalue weighted by molar-refractivity contribution is 0.102. The molecular weight excluding hydrogens is 451 g/mol. The summed E-state index contributed by atoms with van der Waals surface area (Å²) in [5, 5.41) is 4.64. The lowest BCUT2D eigenvalue weighted by Crippen LogP contribution is -2.13. The Kier molecular flexibility index (Phi) is 6.87. The maximum Gasteiger partial charge on any atom is 0.261 e. The Bertz CT molecular complexity index is 1200. The molecular formula is C24H18Cl2N2O2S. The molecule has 7 heteroatoms. The van der Waals surface area contributed by atoms with E-state index in [9.17, 15) is 4.79 Å². The zero-order chi connectivity index (χ0) is 21.6. The number of nitrogens with one attached hydrogen (secondary N) is 1. The van der Waals surface area contributed by atoms with Gasteiger partial charge in [-0.25, -0.2) is 4.98 Å². The second-order valence-corrected chi connectivity index (χ2v) is 8.73. The lowest BCUT2D eigenvalue weighted by atomic mass is 10.1. The topological polar surface area (TPSA) is 51.2 Å². The molecule has 0 atom stereocenters. The van der Waals surface area contributed by atoms with Crippen LogP contribution in [0, 0.1) is 0 Å². The van der Waals surface area contributed by atoms with Gasteiger partial charge in [0, 0.05) is 27.5 Å². The summed E-state index contributed by atoms with van der Waals surface area (Å²) in [6.45, 7) is 0.382. The van der Waals surface area contributed by atoms with Crippen LogP contribution in [-0.4, -0.2) is 10.9 Å². The Morgan fingerprint density at radius 3 is 2.61 bits per heavy atom. The molecule has 3 aromatic carbocycles. The molecule has 4 nitrogen and oxygen atoms in total. The van der Waals surface area contributed by atoms with Gasteiger partial charge in [-0.05, 0) is 41.5 Å². The number of para-hydroxylation sites is 1. The molecule has 0 radical (unpaired) electrons. The molecule has 0 aliphatic carbocycles. The maximum atomic E-state index is 12.8. The molecule has 1 aromatic heterocycles. The van der Waals surface area contributed by atoms with Crippen molar-refractivity contribution in [3.63, 3.8) is 0 Å². The highest BCUT2D eigenvalue weighted by Gasteiger charge is 2.15. The van der Waals surface area contributed by atoms with Crippen LogP contribution in [0.15, 0.2) is 79.0 Å². The van der Waals surface area contributed by atoms with E-state index in [2.05, 4.69) is 10.3 Å². The smallest absolute Gasteiger partial charge is 0.261 e. The molecule has 1 amide bonds. The number of carbonyl (C=O) groups is 1. The van der Waals surface area contributed by atoms with E-state index in [4.69, 9.17) is 27.9 Å². The van der Waals surface area contributed by atoms with Crippen LogP contribution in [0.1, 0.15) is 26.4 Å². The Morgan fingerprint density at radius 1 is 1.00 bits per heavy atom. The number of benzene rings is 3. The number of hydrogen-bond acceptors (Lipinski definition) is 4. The summed E-state index contributed by atoms with van der Waals surface area (Å²) >= 11 is 13.7. The van der Waals surface area contributed by atoms with Gasteiger partial charge in [0.25, 0.3) is 5.91 Å². The third-order valence-corrected chi connectivity index (χ3v) is 6.03. The highest BCUT2D eigenvalue weighted by Crippen LogP contribution is 2.28. The van der Waals surface area contributed by atoms with Crippen LogP contribution in [0.25, 0.3) is 0 Å². The molecule has 0 saturated heterocycles. The van der Waals surface area contributed by atoms with Crippen molar-refractivity contribution >= 4 is 45.6 Å². The van der Waals surface area contributed by atoms with Gasteiger partial charge < -0.3 is 4.74 Å². The number of thiazole rings is 1. The number of rotatable bonds is 7. The van der Waals surface area contributed by atoms with Crippen molar-refractivity contribution in [2.75, 3.05) is 5.32 Å². The predicted molar refractivity (Wildman–Crippen MR) is 127 cm³/mol. The van der Waals surface area contributed by atoms with Crippen LogP contribution in [0.3, 0.4) is 0 Å². The first-order chi connectivity index (χ1) is 15.1. The molecule has 0 aliphatic heterocycles. The maximum absolute atomic E-state index is 12.8. The number of hydrogen-bond donors (Lipinski definition) is 1. The average Bonchev–Trinajstić information content (AvgIpc) is 3.22. The molecule has 0 saturated carbocycles. The summed E-state index contributed by atoms with van der Waals surface area (Å²) < 4.78 is 5.89. The molecule has 1 heterocycles. The largest absolute Gasteiger partial charge is 0.488 e. The summed E-state index contributed by atoms with van der Waals surface area (Å²) in [6.07, 6.45) is 2.32. The quantitative estimate of drug-likeness (QED) is 0.321. The summed E-state index contributed by atoms with van der Waals surface area (Å²) in [4.78, 5) is 18.1. The Morgan fingerprint density at radius 2 is 1.77 bits per heavy atom. The highest BCUT2D eigenvalue weighted by atomic mass is 35.5. The molecule has 156 valence electrons. The van der Waals surface area contributed by atoms with Crippen molar-refractivity contribution in [3.8, 4) is 5.75 Å². The van der Waals surface area contributed by atoms with Crippen molar-refractivity contribution in [3.05, 3.63) is 111 Å². The lowest BCUT2D eigenvalue weighted by Gasteiger charge is -2.11. The van der Waals surface area contributed by atoms with E-state index >= 15 is 0 Å². The number of anilines is 1. The third-order valence-electron chi connectivity index (χ3n) is 4.52. The first-order valence-electron chi connectivity index (χ1n) is 9.54. The van der Waals surface area contributed by atoms with E-state index in [0.717, 1.165) is 16.0 Å². The zero-order valence-electron chi connectivity index (χ0n) is 16.3. The summed E-state index contributed by atoms with van der Waals surface area (Å²) in [5.74, 6) is 0.247. The van der Waals surface area contributed by atoms with E-state index in [1.165, 1.54) is 11.3 Å². The molecule has 4 aromatic rings. The Labute approximate surface area is 194 Å². The van der Waals surface area contributed by atoms with Gasteiger partial charge in [0.2, 0.25) is 0 Å². The number of carbonyl (C=O) groups excluding carboxylic acids is 1. The van der Waals surface area contributed by atoms with Crippen LogP contribution >= 0.6 is 34.5 Å². The minimum absolute atomic E-state index is 0.273. The molecule has 0 unspecified atom stereocenters. The van der Waals surface area contributed by atoms with Gasteiger partial charge in [-0.2, -0.15) is 0 Å². The normalized spacial score (nSPS) is 10.6. The second-order valence-electron chi connectivity index (χ2n) is 6.77. The van der Waals surface area contributed by atoms with Gasteiger partial charge in [0.1, 0.15) is 12.4 Å². The molecule has 0 spiro atoms. The van der Waals surface area contributed by atoms with Gasteiger partial charge in [-0.3, -0.25) is 10.1 Å². The monoisotopic (exact) mass is 468 g/mol. The second kappa shape index (κ2) is 9.96. The minimum Gasteiger partial charge on any atom is -0.488 e. The molecule has 4 rings (SSSR count). The standard InChI is InChI=1S/C24H18Cl2N2O2S/c25-18-10-11-21(26)17(12-18)13-19-14-27-24(31-19)28-23(29)20-8-4-5-9-22(20)30-15-16-6-2-1-3-7-16/h1-12,14H,13,15H2,(H,27,28,29). The number of ether oxygens (including phenoxy) is 1. The van der Waals surface area contributed by atoms with Crippen molar-refractivity contribution in [2.24, 2.45) is 0 Å². The summed E-state index contributed by atoms with van der Waals surface area (Å²) in [6, 6.07) is 22.3. The van der Waals surface area contributed by atoms with Crippen LogP contribution in [-0.2, 0) is 13.0 Å².